The second-order valence-electron chi connectivity index (χ2n) is 9.43. The minimum absolute atomic E-state index is 0.0484. The van der Waals surface area contributed by atoms with Gasteiger partial charge in [-0.05, 0) is 53.5 Å². The van der Waals surface area contributed by atoms with E-state index < -0.39 is 5.97 Å². The number of aromatic amines is 1. The number of benzene rings is 3. The lowest BCUT2D eigenvalue weighted by Crippen LogP contribution is -2.17. The molecule has 0 saturated carbocycles. The molecule has 1 heterocycles. The van der Waals surface area contributed by atoms with E-state index in [2.05, 4.69) is 47.5 Å². The number of carboxylic acid groups (broad SMARTS) is 1. The van der Waals surface area contributed by atoms with E-state index in [9.17, 15) is 9.59 Å². The molecule has 37 heavy (non-hydrogen) atoms. The van der Waals surface area contributed by atoms with E-state index in [-0.39, 0.29) is 18.2 Å². The number of hydrogen-bond donors (Lipinski definition) is 2. The zero-order valence-corrected chi connectivity index (χ0v) is 20.5. The Kier molecular flexibility index (Phi) is 7.36. The summed E-state index contributed by atoms with van der Waals surface area (Å²) in [6.45, 7) is 0.166. The predicted molar refractivity (Wildman–Crippen MR) is 143 cm³/mol. The number of aliphatic carboxylic acids is 1. The summed E-state index contributed by atoms with van der Waals surface area (Å²) in [7, 11) is 0. The maximum atomic E-state index is 12.8. The van der Waals surface area contributed by atoms with Crippen LogP contribution in [-0.4, -0.2) is 27.2 Å². The SMILES string of the molecule is O=C(O)COc1cccc2c1CCC(C=CCn1cc(C(c3ccccc3)c3ccccc3)[nH]c1=O)C2. The highest BCUT2D eigenvalue weighted by Gasteiger charge is 2.21. The van der Waals surface area contributed by atoms with Gasteiger partial charge >= 0.3 is 11.7 Å². The van der Waals surface area contributed by atoms with Crippen LogP contribution >= 0.6 is 0 Å². The van der Waals surface area contributed by atoms with Crippen LogP contribution < -0.4 is 10.4 Å². The summed E-state index contributed by atoms with van der Waals surface area (Å²) >= 11 is 0. The van der Waals surface area contributed by atoms with Crippen LogP contribution in [0.2, 0.25) is 0 Å². The van der Waals surface area contributed by atoms with E-state index in [4.69, 9.17) is 9.84 Å². The van der Waals surface area contributed by atoms with E-state index in [1.165, 1.54) is 5.56 Å². The van der Waals surface area contributed by atoms with Crippen LogP contribution in [0.5, 0.6) is 5.75 Å². The summed E-state index contributed by atoms with van der Waals surface area (Å²) in [5.41, 5.74) is 5.31. The van der Waals surface area contributed by atoms with Crippen LogP contribution in [0, 0.1) is 5.92 Å². The van der Waals surface area contributed by atoms with Crippen molar-refractivity contribution in [3.8, 4) is 5.75 Å². The Morgan fingerprint density at radius 1 is 1.03 bits per heavy atom. The quantitative estimate of drug-likeness (QED) is 0.314. The summed E-state index contributed by atoms with van der Waals surface area (Å²) < 4.78 is 7.20. The van der Waals surface area contributed by atoms with Gasteiger partial charge in [-0.2, -0.15) is 0 Å². The van der Waals surface area contributed by atoms with Crippen molar-refractivity contribution in [2.24, 2.45) is 5.92 Å². The maximum Gasteiger partial charge on any atom is 0.341 e. The van der Waals surface area contributed by atoms with E-state index in [0.29, 0.717) is 18.2 Å². The topological polar surface area (TPSA) is 84.3 Å². The molecule has 1 aliphatic rings. The molecule has 6 nitrogen and oxygen atoms in total. The lowest BCUT2D eigenvalue weighted by atomic mass is 9.83. The molecule has 0 fully saturated rings. The number of rotatable bonds is 9. The first kappa shape index (κ1) is 24.4. The Bertz CT molecular complexity index is 1400. The molecule has 1 unspecified atom stereocenters. The molecular weight excluding hydrogens is 464 g/mol. The monoisotopic (exact) mass is 494 g/mol. The molecule has 3 aromatic carbocycles. The zero-order valence-electron chi connectivity index (χ0n) is 20.5. The molecule has 2 N–H and O–H groups in total. The van der Waals surface area contributed by atoms with Crippen LogP contribution in [0.15, 0.2) is 102 Å². The predicted octanol–water partition coefficient (Wildman–Crippen LogP) is 5.18. The standard InChI is InChI=1S/C31H30N2O4/c34-29(35)21-37-28-15-7-14-25-19-22(16-17-26(25)28)9-8-18-33-20-27(32-31(33)36)30(23-10-3-1-4-11-23)24-12-5-2-6-13-24/h1-15,20,22,30H,16-19,21H2,(H,32,36)(H,34,35). The molecule has 1 aromatic heterocycles. The summed E-state index contributed by atoms with van der Waals surface area (Å²) in [5, 5.41) is 8.92. The Labute approximate surface area is 215 Å². The van der Waals surface area contributed by atoms with Crippen molar-refractivity contribution in [2.75, 3.05) is 6.61 Å². The number of carboxylic acids is 1. The Balaban J connectivity index is 1.29. The highest BCUT2D eigenvalue weighted by atomic mass is 16.5. The third kappa shape index (κ3) is 5.75. The highest BCUT2D eigenvalue weighted by molar-refractivity contribution is 5.68. The van der Waals surface area contributed by atoms with Crippen molar-refractivity contribution >= 4 is 5.97 Å². The molecule has 0 bridgehead atoms. The highest BCUT2D eigenvalue weighted by Crippen LogP contribution is 2.33. The van der Waals surface area contributed by atoms with Crippen LogP contribution in [-0.2, 0) is 24.2 Å². The lowest BCUT2D eigenvalue weighted by molar-refractivity contribution is -0.139. The van der Waals surface area contributed by atoms with Crippen LogP contribution in [0.1, 0.15) is 40.3 Å². The summed E-state index contributed by atoms with van der Waals surface area (Å²) in [4.78, 5) is 26.8. The second-order valence-corrected chi connectivity index (χ2v) is 9.43. The number of nitrogens with zero attached hydrogens (tertiary/aromatic N) is 1. The van der Waals surface area contributed by atoms with Gasteiger partial charge in [0.05, 0.1) is 5.92 Å². The number of hydrogen-bond acceptors (Lipinski definition) is 3. The summed E-state index contributed by atoms with van der Waals surface area (Å²) in [6, 6.07) is 26.3. The van der Waals surface area contributed by atoms with Crippen molar-refractivity contribution in [3.05, 3.63) is 136 Å². The molecule has 188 valence electrons. The van der Waals surface area contributed by atoms with E-state index in [0.717, 1.165) is 41.6 Å². The number of imidazole rings is 1. The number of allylic oxidation sites excluding steroid dienone is 2. The third-order valence-corrected chi connectivity index (χ3v) is 6.92. The van der Waals surface area contributed by atoms with Gasteiger partial charge in [-0.3, -0.25) is 4.57 Å². The first-order valence-electron chi connectivity index (χ1n) is 12.6. The van der Waals surface area contributed by atoms with Crippen molar-refractivity contribution in [1.29, 1.82) is 0 Å². The number of ether oxygens (including phenoxy) is 1. The number of H-pyrrole nitrogens is 1. The molecule has 5 rings (SSSR count). The van der Waals surface area contributed by atoms with Crippen LogP contribution in [0.3, 0.4) is 0 Å². The Morgan fingerprint density at radius 2 is 1.73 bits per heavy atom. The molecular formula is C31H30N2O4. The normalized spacial score (nSPS) is 15.1. The van der Waals surface area contributed by atoms with Crippen LogP contribution in [0.4, 0.5) is 0 Å². The number of carbonyl (C=O) groups is 1. The van der Waals surface area contributed by atoms with E-state index in [1.807, 2.05) is 54.7 Å². The van der Waals surface area contributed by atoms with E-state index in [1.54, 1.807) is 4.57 Å². The Hall–Kier alpha value is -4.32. The van der Waals surface area contributed by atoms with Crippen LogP contribution in [0.25, 0.3) is 0 Å². The third-order valence-electron chi connectivity index (χ3n) is 6.92. The number of fused-ring (bicyclic) bond motifs is 1. The average molecular weight is 495 g/mol. The summed E-state index contributed by atoms with van der Waals surface area (Å²) in [5.74, 6) is 0.00167. The van der Waals surface area contributed by atoms with Crippen molar-refractivity contribution in [1.82, 2.24) is 9.55 Å². The molecule has 0 amide bonds. The molecule has 6 heteroatoms. The van der Waals surface area contributed by atoms with Gasteiger partial charge in [0.25, 0.3) is 0 Å². The number of nitrogens with one attached hydrogen (secondary N) is 1. The molecule has 0 radical (unpaired) electrons. The first-order chi connectivity index (χ1) is 18.1. The molecule has 0 spiro atoms. The first-order valence-corrected chi connectivity index (χ1v) is 12.6. The van der Waals surface area contributed by atoms with Crippen molar-refractivity contribution in [2.45, 2.75) is 31.7 Å². The molecule has 0 aliphatic heterocycles. The van der Waals surface area contributed by atoms with E-state index >= 15 is 0 Å². The minimum Gasteiger partial charge on any atom is -0.482 e. The molecule has 0 saturated heterocycles. The minimum atomic E-state index is -0.976. The fraction of sp³-hybridized carbons (Fsp3) is 0.226. The van der Waals surface area contributed by atoms with Gasteiger partial charge in [0, 0.05) is 18.4 Å². The second kappa shape index (κ2) is 11.2. The van der Waals surface area contributed by atoms with Crippen molar-refractivity contribution < 1.29 is 14.6 Å². The fourth-order valence-corrected chi connectivity index (χ4v) is 5.19. The smallest absolute Gasteiger partial charge is 0.341 e. The van der Waals surface area contributed by atoms with Gasteiger partial charge in [-0.25, -0.2) is 9.59 Å². The Morgan fingerprint density at radius 3 is 2.41 bits per heavy atom. The van der Waals surface area contributed by atoms with Gasteiger partial charge in [-0.1, -0.05) is 84.9 Å². The zero-order chi connectivity index (χ0) is 25.6. The molecule has 1 aliphatic carbocycles. The largest absolute Gasteiger partial charge is 0.482 e. The van der Waals surface area contributed by atoms with Gasteiger partial charge in [-0.15, -0.1) is 0 Å². The maximum absolute atomic E-state index is 12.8. The average Bonchev–Trinajstić information content (AvgIpc) is 3.28. The van der Waals surface area contributed by atoms with Gasteiger partial charge < -0.3 is 14.8 Å². The van der Waals surface area contributed by atoms with Gasteiger partial charge in [0.2, 0.25) is 0 Å². The van der Waals surface area contributed by atoms with Gasteiger partial charge in [0.15, 0.2) is 6.61 Å². The molecule has 4 aromatic rings. The van der Waals surface area contributed by atoms with Gasteiger partial charge in [0.1, 0.15) is 5.75 Å². The van der Waals surface area contributed by atoms with Crippen molar-refractivity contribution in [3.63, 3.8) is 0 Å². The fourth-order valence-electron chi connectivity index (χ4n) is 5.19. The lowest BCUT2D eigenvalue weighted by Gasteiger charge is -2.24. The number of aromatic nitrogens is 2. The summed E-state index contributed by atoms with van der Waals surface area (Å²) in [6.07, 6.45) is 8.85. The molecule has 1 atom stereocenters.